The van der Waals surface area contributed by atoms with Gasteiger partial charge in [0.1, 0.15) is 11.3 Å². The molecule has 3 rings (SSSR count). The van der Waals surface area contributed by atoms with Crippen molar-refractivity contribution < 1.29 is 14.3 Å². The fraction of sp³-hybridized carbons (Fsp3) is 0.0833. The Hall–Kier alpha value is -2.23. The smallest absolute Gasteiger partial charge is 0.411 e. The zero-order chi connectivity index (χ0) is 11.1. The van der Waals surface area contributed by atoms with Crippen LogP contribution in [0.2, 0.25) is 0 Å². The average molecular weight is 215 g/mol. The molecule has 0 saturated heterocycles. The topological polar surface area (TPSA) is 53.7 Å². The number of hydrogen-bond acceptors (Lipinski definition) is 2. The van der Waals surface area contributed by atoms with E-state index in [1.807, 2.05) is 24.3 Å². The second kappa shape index (κ2) is 3.13. The van der Waals surface area contributed by atoms with E-state index >= 15 is 0 Å². The van der Waals surface area contributed by atoms with Crippen molar-refractivity contribution in [2.24, 2.45) is 0 Å². The molecule has 1 aromatic carbocycles. The molecule has 1 aliphatic rings. The van der Waals surface area contributed by atoms with E-state index in [0.717, 1.165) is 16.5 Å². The summed E-state index contributed by atoms with van der Waals surface area (Å²) in [6.45, 7) is 0.274. The molecule has 1 N–H and O–H groups in total. The molecule has 0 spiro atoms. The summed E-state index contributed by atoms with van der Waals surface area (Å²) in [7, 11) is 0. The Morgan fingerprint density at radius 2 is 2.19 bits per heavy atom. The van der Waals surface area contributed by atoms with E-state index in [2.05, 4.69) is 0 Å². The van der Waals surface area contributed by atoms with Crippen LogP contribution >= 0.6 is 0 Å². The van der Waals surface area contributed by atoms with Gasteiger partial charge in [0.15, 0.2) is 0 Å². The molecule has 80 valence electrons. The molecule has 4 heteroatoms. The van der Waals surface area contributed by atoms with Crippen LogP contribution in [0.1, 0.15) is 11.3 Å². The second-order valence-electron chi connectivity index (χ2n) is 3.66. The molecule has 1 aliphatic heterocycles. The fourth-order valence-electron chi connectivity index (χ4n) is 1.92. The molecule has 0 atom stereocenters. The minimum Gasteiger partial charge on any atom is -0.465 e. The molecular weight excluding hydrogens is 206 g/mol. The minimum absolute atomic E-state index is 0.274. The number of benzene rings is 1. The van der Waals surface area contributed by atoms with Gasteiger partial charge in [-0.3, -0.25) is 4.90 Å². The maximum atomic E-state index is 10.8. The van der Waals surface area contributed by atoms with Crippen molar-refractivity contribution in [3.8, 4) is 0 Å². The molecule has 0 radical (unpaired) electrons. The lowest BCUT2D eigenvalue weighted by molar-refractivity contribution is 0.158. The first kappa shape index (κ1) is 9.03. The van der Waals surface area contributed by atoms with Crippen LogP contribution < -0.4 is 0 Å². The minimum atomic E-state index is -0.970. The summed E-state index contributed by atoms with van der Waals surface area (Å²) < 4.78 is 5.61. The van der Waals surface area contributed by atoms with E-state index in [9.17, 15) is 4.79 Å². The highest BCUT2D eigenvalue weighted by atomic mass is 16.4. The molecule has 0 saturated carbocycles. The van der Waals surface area contributed by atoms with E-state index in [1.165, 1.54) is 4.90 Å². The first-order valence-corrected chi connectivity index (χ1v) is 4.94. The lowest BCUT2D eigenvalue weighted by Gasteiger charge is -2.16. The van der Waals surface area contributed by atoms with Crippen LogP contribution in [0.25, 0.3) is 17.0 Å². The van der Waals surface area contributed by atoms with E-state index in [-0.39, 0.29) is 6.54 Å². The highest BCUT2D eigenvalue weighted by molar-refractivity contribution is 5.89. The van der Waals surface area contributed by atoms with Crippen molar-refractivity contribution >= 4 is 23.1 Å². The maximum absolute atomic E-state index is 10.8. The van der Waals surface area contributed by atoms with Gasteiger partial charge < -0.3 is 9.52 Å². The van der Waals surface area contributed by atoms with Crippen molar-refractivity contribution in [2.75, 3.05) is 0 Å². The third kappa shape index (κ3) is 1.20. The lowest BCUT2D eigenvalue weighted by Crippen LogP contribution is -2.24. The quantitative estimate of drug-likeness (QED) is 0.735. The Labute approximate surface area is 91.4 Å². The van der Waals surface area contributed by atoms with Gasteiger partial charge in [0.25, 0.3) is 0 Å². The number of amides is 1. The van der Waals surface area contributed by atoms with Crippen LogP contribution in [-0.2, 0) is 6.54 Å². The predicted octanol–water partition coefficient (Wildman–Crippen LogP) is 2.90. The summed E-state index contributed by atoms with van der Waals surface area (Å²) in [6.07, 6.45) is 2.37. The van der Waals surface area contributed by atoms with Gasteiger partial charge in [-0.1, -0.05) is 18.2 Å². The van der Waals surface area contributed by atoms with Gasteiger partial charge in [-0.15, -0.1) is 0 Å². The monoisotopic (exact) mass is 215 g/mol. The molecule has 2 heterocycles. The zero-order valence-corrected chi connectivity index (χ0v) is 8.38. The third-order valence-corrected chi connectivity index (χ3v) is 2.69. The fourth-order valence-corrected chi connectivity index (χ4v) is 1.92. The van der Waals surface area contributed by atoms with Gasteiger partial charge in [-0.25, -0.2) is 4.79 Å². The van der Waals surface area contributed by atoms with Crippen molar-refractivity contribution in [1.29, 1.82) is 0 Å². The zero-order valence-electron chi connectivity index (χ0n) is 8.38. The van der Waals surface area contributed by atoms with Crippen LogP contribution in [-0.4, -0.2) is 16.1 Å². The summed E-state index contributed by atoms with van der Waals surface area (Å²) >= 11 is 0. The Morgan fingerprint density at radius 1 is 1.38 bits per heavy atom. The molecule has 1 aromatic heterocycles. The third-order valence-electron chi connectivity index (χ3n) is 2.69. The van der Waals surface area contributed by atoms with E-state index in [0.29, 0.717) is 5.76 Å². The van der Waals surface area contributed by atoms with Crippen molar-refractivity contribution in [1.82, 2.24) is 4.90 Å². The van der Waals surface area contributed by atoms with Crippen LogP contribution in [0.3, 0.4) is 0 Å². The number of carboxylic acid groups (broad SMARTS) is 1. The summed E-state index contributed by atoms with van der Waals surface area (Å²) in [5, 5.41) is 9.90. The molecule has 0 bridgehead atoms. The summed E-state index contributed by atoms with van der Waals surface area (Å²) in [6, 6.07) is 7.69. The normalized spacial score (nSPS) is 14.1. The number of rotatable bonds is 0. The molecule has 2 aromatic rings. The van der Waals surface area contributed by atoms with Gasteiger partial charge in [-0.2, -0.15) is 0 Å². The number of hydrogen-bond donors (Lipinski definition) is 1. The van der Waals surface area contributed by atoms with E-state index in [1.54, 1.807) is 12.3 Å². The molecule has 0 unspecified atom stereocenters. The van der Waals surface area contributed by atoms with Gasteiger partial charge >= 0.3 is 6.09 Å². The largest absolute Gasteiger partial charge is 0.465 e. The van der Waals surface area contributed by atoms with Crippen molar-refractivity contribution in [3.05, 3.63) is 41.8 Å². The molecule has 16 heavy (non-hydrogen) atoms. The molecule has 0 aliphatic carbocycles. The summed E-state index contributed by atoms with van der Waals surface area (Å²) in [5.41, 5.74) is 1.78. The molecule has 1 amide bonds. The van der Waals surface area contributed by atoms with Gasteiger partial charge in [-0.05, 0) is 12.1 Å². The Kier molecular flexibility index (Phi) is 1.77. The van der Waals surface area contributed by atoms with Gasteiger partial charge in [0.05, 0.1) is 6.54 Å². The Bertz CT molecular complexity index is 597. The van der Waals surface area contributed by atoms with E-state index in [4.69, 9.17) is 9.52 Å². The number of para-hydroxylation sites is 1. The summed E-state index contributed by atoms with van der Waals surface area (Å²) in [4.78, 5) is 12.0. The second-order valence-corrected chi connectivity index (χ2v) is 3.66. The van der Waals surface area contributed by atoms with Crippen LogP contribution in [0.5, 0.6) is 0 Å². The van der Waals surface area contributed by atoms with Gasteiger partial charge in [0.2, 0.25) is 0 Å². The van der Waals surface area contributed by atoms with Gasteiger partial charge in [0, 0.05) is 17.1 Å². The first-order valence-electron chi connectivity index (χ1n) is 4.94. The SMILES string of the molecule is O=C(O)N1C=Cc2c(oc3ccccc23)C1. The van der Waals surface area contributed by atoms with Crippen LogP contribution in [0.4, 0.5) is 4.79 Å². The van der Waals surface area contributed by atoms with E-state index < -0.39 is 6.09 Å². The standard InChI is InChI=1S/C12H9NO3/c14-12(15)13-6-5-9-8-3-1-2-4-10(8)16-11(9)7-13/h1-6H,7H2,(H,14,15). The van der Waals surface area contributed by atoms with Crippen molar-refractivity contribution in [3.63, 3.8) is 0 Å². The predicted molar refractivity (Wildman–Crippen MR) is 58.8 cm³/mol. The average Bonchev–Trinajstić information content (AvgIpc) is 2.66. The Balaban J connectivity index is 2.16. The van der Waals surface area contributed by atoms with Crippen molar-refractivity contribution in [2.45, 2.75) is 6.54 Å². The molecule has 4 nitrogen and oxygen atoms in total. The molecule has 0 fully saturated rings. The number of nitrogens with zero attached hydrogens (tertiary/aromatic N) is 1. The number of furan rings is 1. The number of carbonyl (C=O) groups is 1. The first-order chi connectivity index (χ1) is 7.75. The number of fused-ring (bicyclic) bond motifs is 3. The highest BCUT2D eigenvalue weighted by Crippen LogP contribution is 2.30. The summed E-state index contributed by atoms with van der Waals surface area (Å²) in [5.74, 6) is 0.700. The maximum Gasteiger partial charge on any atom is 0.411 e. The van der Waals surface area contributed by atoms with Crippen LogP contribution in [0, 0.1) is 0 Å². The Morgan fingerprint density at radius 3 is 3.00 bits per heavy atom. The highest BCUT2D eigenvalue weighted by Gasteiger charge is 2.20. The lowest BCUT2D eigenvalue weighted by atomic mass is 10.1. The van der Waals surface area contributed by atoms with Crippen LogP contribution in [0.15, 0.2) is 34.9 Å². The molecular formula is C12H9NO3.